The molecule has 1 saturated heterocycles. The minimum Gasteiger partial charge on any atom is -0.393 e. The van der Waals surface area contributed by atoms with Crippen molar-refractivity contribution in [3.8, 4) is 0 Å². The quantitative estimate of drug-likeness (QED) is 0.698. The summed E-state index contributed by atoms with van der Waals surface area (Å²) in [7, 11) is 0. The highest BCUT2D eigenvalue weighted by atomic mass is 16.3. The molecule has 1 fully saturated rings. The van der Waals surface area contributed by atoms with E-state index in [4.69, 9.17) is 0 Å². The molecule has 2 N–H and O–H groups in total. The second-order valence-electron chi connectivity index (χ2n) is 4.82. The lowest BCUT2D eigenvalue weighted by molar-refractivity contribution is -0.126. The smallest absolute Gasteiger partial charge is 0.237 e. The topological polar surface area (TPSA) is 52.6 Å². The molecular weight excluding hydrogens is 216 g/mol. The first kappa shape index (κ1) is 14.2. The number of nitrogens with zero attached hydrogens (tertiary/aromatic N) is 1. The van der Waals surface area contributed by atoms with Gasteiger partial charge in [-0.3, -0.25) is 9.69 Å². The van der Waals surface area contributed by atoms with Gasteiger partial charge in [-0.25, -0.2) is 0 Å². The highest BCUT2D eigenvalue weighted by molar-refractivity contribution is 5.81. The van der Waals surface area contributed by atoms with Crippen molar-refractivity contribution in [1.29, 1.82) is 0 Å². The van der Waals surface area contributed by atoms with E-state index >= 15 is 0 Å². The Balaban J connectivity index is 2.37. The lowest BCUT2D eigenvalue weighted by Gasteiger charge is -2.36. The Morgan fingerprint density at radius 2 is 2.12 bits per heavy atom. The standard InChI is InChI=1S/C13H24N2O2/c1-4-7-14-13(17)10(2)15-8-5-12(6-9-15)11(3)16/h4,10-12,16H,1,5-9H2,2-3H3,(H,14,17)/t10-,11+/m0/s1. The number of aliphatic hydroxyl groups is 1. The van der Waals surface area contributed by atoms with Crippen molar-refractivity contribution in [3.05, 3.63) is 12.7 Å². The number of nitrogens with one attached hydrogen (secondary N) is 1. The van der Waals surface area contributed by atoms with Gasteiger partial charge in [0.05, 0.1) is 12.1 Å². The van der Waals surface area contributed by atoms with E-state index in [1.165, 1.54) is 0 Å². The van der Waals surface area contributed by atoms with Crippen LogP contribution < -0.4 is 5.32 Å². The average molecular weight is 240 g/mol. The van der Waals surface area contributed by atoms with Crippen LogP contribution in [0.25, 0.3) is 0 Å². The average Bonchev–Trinajstić information content (AvgIpc) is 2.35. The maximum atomic E-state index is 11.8. The van der Waals surface area contributed by atoms with Gasteiger partial charge in [-0.1, -0.05) is 6.08 Å². The van der Waals surface area contributed by atoms with Gasteiger partial charge in [-0.05, 0) is 45.7 Å². The summed E-state index contributed by atoms with van der Waals surface area (Å²) in [6.07, 6.45) is 3.39. The number of hydrogen-bond acceptors (Lipinski definition) is 3. The zero-order valence-electron chi connectivity index (χ0n) is 10.9. The molecule has 98 valence electrons. The van der Waals surface area contributed by atoms with Crippen molar-refractivity contribution >= 4 is 5.91 Å². The van der Waals surface area contributed by atoms with Crippen LogP contribution in [0, 0.1) is 5.92 Å². The zero-order valence-corrected chi connectivity index (χ0v) is 10.9. The zero-order chi connectivity index (χ0) is 12.8. The summed E-state index contributed by atoms with van der Waals surface area (Å²) in [5.74, 6) is 0.440. The summed E-state index contributed by atoms with van der Waals surface area (Å²) < 4.78 is 0. The first-order valence-electron chi connectivity index (χ1n) is 6.37. The fourth-order valence-electron chi connectivity index (χ4n) is 2.28. The maximum Gasteiger partial charge on any atom is 0.237 e. The highest BCUT2D eigenvalue weighted by Crippen LogP contribution is 2.21. The molecular formula is C13H24N2O2. The van der Waals surface area contributed by atoms with E-state index in [9.17, 15) is 9.90 Å². The number of rotatable bonds is 5. The number of aliphatic hydroxyl groups excluding tert-OH is 1. The molecule has 0 saturated carbocycles. The molecule has 2 atom stereocenters. The molecule has 0 aromatic carbocycles. The largest absolute Gasteiger partial charge is 0.393 e. The number of hydrogen-bond donors (Lipinski definition) is 2. The summed E-state index contributed by atoms with van der Waals surface area (Å²) in [4.78, 5) is 13.9. The maximum absolute atomic E-state index is 11.8. The van der Waals surface area contributed by atoms with Crippen molar-refractivity contribution in [3.63, 3.8) is 0 Å². The number of amides is 1. The predicted molar refractivity (Wildman–Crippen MR) is 68.6 cm³/mol. The van der Waals surface area contributed by atoms with Gasteiger partial charge in [0.1, 0.15) is 0 Å². The summed E-state index contributed by atoms with van der Waals surface area (Å²) in [6.45, 7) is 9.65. The van der Waals surface area contributed by atoms with Crippen LogP contribution in [0.5, 0.6) is 0 Å². The predicted octanol–water partition coefficient (Wildman–Crippen LogP) is 0.770. The van der Waals surface area contributed by atoms with E-state index in [0.29, 0.717) is 12.5 Å². The molecule has 0 aromatic heterocycles. The molecule has 0 bridgehead atoms. The van der Waals surface area contributed by atoms with Crippen LogP contribution in [-0.2, 0) is 4.79 Å². The molecule has 1 heterocycles. The lowest BCUT2D eigenvalue weighted by atomic mass is 9.91. The molecule has 0 unspecified atom stereocenters. The SMILES string of the molecule is C=CCNC(=O)[C@H](C)N1CCC([C@@H](C)O)CC1. The van der Waals surface area contributed by atoms with Crippen LogP contribution in [-0.4, -0.2) is 47.7 Å². The monoisotopic (exact) mass is 240 g/mol. The van der Waals surface area contributed by atoms with Crippen LogP contribution in [0.4, 0.5) is 0 Å². The van der Waals surface area contributed by atoms with Crippen LogP contribution in [0.2, 0.25) is 0 Å². The van der Waals surface area contributed by atoms with Crippen LogP contribution >= 0.6 is 0 Å². The Kier molecular flexibility index (Phi) is 5.65. The Hall–Kier alpha value is -0.870. The molecule has 0 spiro atoms. The molecule has 4 nitrogen and oxygen atoms in total. The Labute approximate surface area is 104 Å². The molecule has 0 aliphatic carbocycles. The van der Waals surface area contributed by atoms with E-state index in [1.807, 2.05) is 13.8 Å². The molecule has 17 heavy (non-hydrogen) atoms. The summed E-state index contributed by atoms with van der Waals surface area (Å²) in [6, 6.07) is -0.0927. The van der Waals surface area contributed by atoms with Crippen molar-refractivity contribution in [1.82, 2.24) is 10.2 Å². The lowest BCUT2D eigenvalue weighted by Crippen LogP contribution is -2.49. The minimum atomic E-state index is -0.234. The molecule has 4 heteroatoms. The van der Waals surface area contributed by atoms with E-state index in [-0.39, 0.29) is 18.1 Å². The highest BCUT2D eigenvalue weighted by Gasteiger charge is 2.27. The fraction of sp³-hybridized carbons (Fsp3) is 0.769. The molecule has 1 amide bonds. The molecule has 1 aliphatic rings. The molecule has 1 aliphatic heterocycles. The van der Waals surface area contributed by atoms with Gasteiger partial charge >= 0.3 is 0 Å². The van der Waals surface area contributed by atoms with Gasteiger partial charge in [0.2, 0.25) is 5.91 Å². The first-order chi connectivity index (χ1) is 8.06. The number of likely N-dealkylation sites (tertiary alicyclic amines) is 1. The number of carbonyl (C=O) groups excluding carboxylic acids is 1. The Morgan fingerprint density at radius 3 is 2.59 bits per heavy atom. The second-order valence-corrected chi connectivity index (χ2v) is 4.82. The minimum absolute atomic E-state index is 0.0559. The molecule has 0 radical (unpaired) electrons. The third-order valence-electron chi connectivity index (χ3n) is 3.60. The van der Waals surface area contributed by atoms with E-state index in [0.717, 1.165) is 25.9 Å². The fourth-order valence-corrected chi connectivity index (χ4v) is 2.28. The van der Waals surface area contributed by atoms with Gasteiger partial charge in [0, 0.05) is 6.54 Å². The molecule has 1 rings (SSSR count). The van der Waals surface area contributed by atoms with Crippen LogP contribution in [0.1, 0.15) is 26.7 Å². The Morgan fingerprint density at radius 1 is 1.53 bits per heavy atom. The van der Waals surface area contributed by atoms with Gasteiger partial charge in [0.25, 0.3) is 0 Å². The van der Waals surface area contributed by atoms with Crippen molar-refractivity contribution in [2.75, 3.05) is 19.6 Å². The Bertz CT molecular complexity index is 258. The summed E-state index contributed by atoms with van der Waals surface area (Å²) in [5, 5.41) is 12.3. The van der Waals surface area contributed by atoms with Crippen molar-refractivity contribution < 1.29 is 9.90 Å². The number of carbonyl (C=O) groups is 1. The second kappa shape index (κ2) is 6.77. The molecule has 0 aromatic rings. The van der Waals surface area contributed by atoms with E-state index in [2.05, 4.69) is 16.8 Å². The first-order valence-corrected chi connectivity index (χ1v) is 6.37. The van der Waals surface area contributed by atoms with Crippen LogP contribution in [0.15, 0.2) is 12.7 Å². The van der Waals surface area contributed by atoms with Gasteiger partial charge in [0.15, 0.2) is 0 Å². The van der Waals surface area contributed by atoms with Gasteiger partial charge < -0.3 is 10.4 Å². The van der Waals surface area contributed by atoms with Crippen LogP contribution in [0.3, 0.4) is 0 Å². The third kappa shape index (κ3) is 4.13. The normalized spacial score (nSPS) is 21.8. The van der Waals surface area contributed by atoms with Gasteiger partial charge in [-0.2, -0.15) is 0 Å². The van der Waals surface area contributed by atoms with E-state index < -0.39 is 0 Å². The van der Waals surface area contributed by atoms with Crippen molar-refractivity contribution in [2.24, 2.45) is 5.92 Å². The summed E-state index contributed by atoms with van der Waals surface area (Å²) in [5.41, 5.74) is 0. The third-order valence-corrected chi connectivity index (χ3v) is 3.60. The summed E-state index contributed by atoms with van der Waals surface area (Å²) >= 11 is 0. The van der Waals surface area contributed by atoms with Crippen molar-refractivity contribution in [2.45, 2.75) is 38.8 Å². The van der Waals surface area contributed by atoms with Gasteiger partial charge in [-0.15, -0.1) is 6.58 Å². The number of piperidine rings is 1. The van der Waals surface area contributed by atoms with E-state index in [1.54, 1.807) is 6.08 Å².